The molecule has 0 bridgehead atoms. The number of likely N-dealkylation sites (N-methyl/N-ethyl adjacent to an activating group) is 2. The lowest BCUT2D eigenvalue weighted by Gasteiger charge is -2.24. The Labute approximate surface area is 97.0 Å². The Hall–Kier alpha value is -0.840. The largest absolute Gasteiger partial charge is 0.444 e. The quantitative estimate of drug-likeness (QED) is 0.753. The molecule has 0 aromatic rings. The summed E-state index contributed by atoms with van der Waals surface area (Å²) < 4.78 is 5.18. The number of nitrogens with zero attached hydrogens (tertiary/aromatic N) is 1. The van der Waals surface area contributed by atoms with Gasteiger partial charge in [0.2, 0.25) is 0 Å². The van der Waals surface area contributed by atoms with Gasteiger partial charge in [0.1, 0.15) is 5.60 Å². The van der Waals surface area contributed by atoms with E-state index in [4.69, 9.17) is 17.0 Å². The first-order valence-electron chi connectivity index (χ1n) is 4.97. The van der Waals surface area contributed by atoms with Gasteiger partial charge in [0.15, 0.2) is 0 Å². The Morgan fingerprint density at radius 3 is 2.40 bits per heavy atom. The molecule has 0 spiro atoms. The van der Waals surface area contributed by atoms with E-state index in [1.54, 1.807) is 7.05 Å². The minimum atomic E-state index is -0.467. The van der Waals surface area contributed by atoms with Crippen molar-refractivity contribution in [1.82, 2.24) is 10.2 Å². The van der Waals surface area contributed by atoms with E-state index in [1.165, 1.54) is 4.90 Å². The van der Waals surface area contributed by atoms with Crippen molar-refractivity contribution in [2.45, 2.75) is 33.3 Å². The molecule has 0 radical (unpaired) electrons. The highest BCUT2D eigenvalue weighted by atomic mass is 32.1. The van der Waals surface area contributed by atoms with Crippen LogP contribution in [0.4, 0.5) is 4.79 Å². The smallest absolute Gasteiger partial charge is 0.410 e. The predicted molar refractivity (Wildman–Crippen MR) is 65.1 cm³/mol. The summed E-state index contributed by atoms with van der Waals surface area (Å²) in [4.78, 5) is 13.6. The molecule has 5 heteroatoms. The molecular weight excluding hydrogens is 212 g/mol. The Morgan fingerprint density at radius 1 is 1.47 bits per heavy atom. The minimum Gasteiger partial charge on any atom is -0.444 e. The molecule has 0 aliphatic rings. The molecule has 0 aliphatic carbocycles. The third-order valence-corrected chi connectivity index (χ3v) is 1.73. The lowest BCUT2D eigenvalue weighted by molar-refractivity contribution is 0.0323. The molecule has 88 valence electrons. The van der Waals surface area contributed by atoms with Gasteiger partial charge in [-0.25, -0.2) is 4.79 Å². The standard InChI is InChI=1S/C10H20N2O2S/c1-6-11-8(15)7-12(5)9(13)14-10(2,3)4/h6-7H2,1-5H3,(H,11,15). The van der Waals surface area contributed by atoms with E-state index in [-0.39, 0.29) is 6.09 Å². The molecule has 0 aromatic carbocycles. The van der Waals surface area contributed by atoms with Gasteiger partial charge in [-0.3, -0.25) is 0 Å². The molecule has 0 unspecified atom stereocenters. The monoisotopic (exact) mass is 232 g/mol. The van der Waals surface area contributed by atoms with Crippen molar-refractivity contribution in [2.24, 2.45) is 0 Å². The number of hydrogen-bond acceptors (Lipinski definition) is 3. The lowest BCUT2D eigenvalue weighted by Crippen LogP contribution is -2.40. The van der Waals surface area contributed by atoms with Gasteiger partial charge in [-0.1, -0.05) is 12.2 Å². The van der Waals surface area contributed by atoms with Crippen molar-refractivity contribution in [2.75, 3.05) is 20.1 Å². The number of ether oxygens (including phenoxy) is 1. The molecule has 0 heterocycles. The summed E-state index contributed by atoms with van der Waals surface area (Å²) in [6, 6.07) is 0. The number of rotatable bonds is 3. The van der Waals surface area contributed by atoms with E-state index >= 15 is 0 Å². The van der Waals surface area contributed by atoms with Gasteiger partial charge in [-0.05, 0) is 27.7 Å². The average molecular weight is 232 g/mol. The number of nitrogens with one attached hydrogen (secondary N) is 1. The Bertz CT molecular complexity index is 236. The van der Waals surface area contributed by atoms with Crippen molar-refractivity contribution in [3.8, 4) is 0 Å². The minimum absolute atomic E-state index is 0.359. The molecule has 0 fully saturated rings. The second-order valence-corrected chi connectivity index (χ2v) is 4.78. The lowest BCUT2D eigenvalue weighted by atomic mass is 10.2. The number of carbonyl (C=O) groups excluding carboxylic acids is 1. The molecular formula is C10H20N2O2S. The summed E-state index contributed by atoms with van der Waals surface area (Å²) in [5.74, 6) is 0. The van der Waals surface area contributed by atoms with Crippen LogP contribution in [0.15, 0.2) is 0 Å². The third-order valence-electron chi connectivity index (χ3n) is 1.46. The third kappa shape index (κ3) is 7.13. The van der Waals surface area contributed by atoms with Gasteiger partial charge in [0.05, 0.1) is 11.5 Å². The van der Waals surface area contributed by atoms with E-state index in [0.29, 0.717) is 11.5 Å². The SMILES string of the molecule is CCNC(=S)CN(C)C(=O)OC(C)(C)C. The molecule has 0 aliphatic heterocycles. The maximum atomic E-state index is 11.5. The van der Waals surface area contributed by atoms with Crippen LogP contribution in [-0.2, 0) is 4.74 Å². The summed E-state index contributed by atoms with van der Waals surface area (Å²) >= 11 is 5.03. The van der Waals surface area contributed by atoms with E-state index in [1.807, 2.05) is 27.7 Å². The second kappa shape index (κ2) is 5.90. The van der Waals surface area contributed by atoms with Crippen LogP contribution in [0.3, 0.4) is 0 Å². The van der Waals surface area contributed by atoms with Crippen LogP contribution in [0.25, 0.3) is 0 Å². The fraction of sp³-hybridized carbons (Fsp3) is 0.800. The molecule has 0 saturated carbocycles. The molecule has 15 heavy (non-hydrogen) atoms. The normalized spacial score (nSPS) is 10.7. The number of carbonyl (C=O) groups is 1. The van der Waals surface area contributed by atoms with Gasteiger partial charge in [0, 0.05) is 13.6 Å². The number of thiocarbonyl (C=S) groups is 1. The molecule has 0 atom stereocenters. The summed E-state index contributed by atoms with van der Waals surface area (Å²) in [5.41, 5.74) is -0.467. The molecule has 0 saturated heterocycles. The number of hydrogen-bond donors (Lipinski definition) is 1. The second-order valence-electron chi connectivity index (χ2n) is 4.29. The van der Waals surface area contributed by atoms with E-state index in [0.717, 1.165) is 6.54 Å². The maximum Gasteiger partial charge on any atom is 0.410 e. The Morgan fingerprint density at radius 2 is 2.00 bits per heavy atom. The van der Waals surface area contributed by atoms with Gasteiger partial charge in [-0.15, -0.1) is 0 Å². The van der Waals surface area contributed by atoms with Gasteiger partial charge in [0.25, 0.3) is 0 Å². The van der Waals surface area contributed by atoms with Crippen LogP contribution in [0.5, 0.6) is 0 Å². The van der Waals surface area contributed by atoms with Crippen LogP contribution in [0, 0.1) is 0 Å². The van der Waals surface area contributed by atoms with Crippen LogP contribution in [-0.4, -0.2) is 41.7 Å². The predicted octanol–water partition coefficient (Wildman–Crippen LogP) is 1.79. The zero-order chi connectivity index (χ0) is 12.1. The molecule has 4 nitrogen and oxygen atoms in total. The van der Waals surface area contributed by atoms with Crippen molar-refractivity contribution >= 4 is 23.3 Å². The average Bonchev–Trinajstić information content (AvgIpc) is 2.00. The number of amides is 1. The van der Waals surface area contributed by atoms with Gasteiger partial charge >= 0.3 is 6.09 Å². The van der Waals surface area contributed by atoms with E-state index in [2.05, 4.69) is 5.32 Å². The fourth-order valence-electron chi connectivity index (χ4n) is 0.873. The zero-order valence-electron chi connectivity index (χ0n) is 10.1. The maximum absolute atomic E-state index is 11.5. The summed E-state index contributed by atoms with van der Waals surface area (Å²) in [5, 5.41) is 2.98. The van der Waals surface area contributed by atoms with Crippen LogP contribution < -0.4 is 5.32 Å². The van der Waals surface area contributed by atoms with Gasteiger partial charge < -0.3 is 15.0 Å². The first-order valence-corrected chi connectivity index (χ1v) is 5.38. The topological polar surface area (TPSA) is 41.6 Å². The van der Waals surface area contributed by atoms with Crippen molar-refractivity contribution in [3.05, 3.63) is 0 Å². The van der Waals surface area contributed by atoms with E-state index < -0.39 is 5.60 Å². The molecule has 0 rings (SSSR count). The highest BCUT2D eigenvalue weighted by molar-refractivity contribution is 7.80. The fourth-order valence-corrected chi connectivity index (χ4v) is 1.21. The van der Waals surface area contributed by atoms with Gasteiger partial charge in [-0.2, -0.15) is 0 Å². The van der Waals surface area contributed by atoms with Crippen molar-refractivity contribution in [3.63, 3.8) is 0 Å². The van der Waals surface area contributed by atoms with Crippen LogP contribution in [0.1, 0.15) is 27.7 Å². The molecule has 1 N–H and O–H groups in total. The zero-order valence-corrected chi connectivity index (χ0v) is 10.9. The summed E-state index contributed by atoms with van der Waals surface area (Å²) in [6.45, 7) is 8.61. The van der Waals surface area contributed by atoms with Crippen LogP contribution in [0.2, 0.25) is 0 Å². The first kappa shape index (κ1) is 14.2. The van der Waals surface area contributed by atoms with Crippen LogP contribution >= 0.6 is 12.2 Å². The highest BCUT2D eigenvalue weighted by Crippen LogP contribution is 2.08. The van der Waals surface area contributed by atoms with Crippen molar-refractivity contribution < 1.29 is 9.53 Å². The highest BCUT2D eigenvalue weighted by Gasteiger charge is 2.19. The summed E-state index contributed by atoms with van der Waals surface area (Å²) in [7, 11) is 1.66. The van der Waals surface area contributed by atoms with Crippen molar-refractivity contribution in [1.29, 1.82) is 0 Å². The molecule has 1 amide bonds. The molecule has 0 aromatic heterocycles. The summed E-state index contributed by atoms with van der Waals surface area (Å²) in [6.07, 6.45) is -0.359. The Kier molecular flexibility index (Phi) is 5.57. The first-order chi connectivity index (χ1) is 6.76. The Balaban J connectivity index is 4.05. The van der Waals surface area contributed by atoms with E-state index in [9.17, 15) is 4.79 Å².